The third-order valence-corrected chi connectivity index (χ3v) is 1.88. The fraction of sp³-hybridized carbons (Fsp3) is 0.800. The molecule has 0 aromatic heterocycles. The average Bonchev–Trinajstić information content (AvgIpc) is 2.43. The molecule has 8 nitrogen and oxygen atoms in total. The van der Waals surface area contributed by atoms with E-state index in [-0.39, 0.29) is 11.6 Å². The Morgan fingerprint density at radius 1 is 1.07 bits per heavy atom. The Labute approximate surface area is 158 Å². The van der Waals surface area contributed by atoms with Gasteiger partial charge in [0.25, 0.3) is 0 Å². The maximum atomic E-state index is 10.2. The summed E-state index contributed by atoms with van der Waals surface area (Å²) in [7, 11) is -2.26. The molecule has 0 amide bonds. The van der Waals surface area contributed by atoms with Crippen LogP contribution in [0.15, 0.2) is 0 Å². The summed E-state index contributed by atoms with van der Waals surface area (Å²) >= 11 is 0. The molecule has 0 unspecified atom stereocenters. The van der Waals surface area contributed by atoms with Crippen LogP contribution >= 0.6 is 0 Å². The van der Waals surface area contributed by atoms with Gasteiger partial charge in [-0.25, -0.2) is 0 Å². The Kier molecular flexibility index (Phi) is 24.9. The molecule has 0 saturated heterocycles. The van der Waals surface area contributed by atoms with Crippen LogP contribution in [0.1, 0.15) is 48.0 Å². The molecule has 0 aromatic carbocycles. The minimum atomic E-state index is -3.67. The van der Waals surface area contributed by atoms with Crippen LogP contribution in [0.2, 0.25) is 0 Å². The Balaban J connectivity index is -0.000000139. The van der Waals surface area contributed by atoms with Gasteiger partial charge in [0.05, 0.1) is 6.42 Å². The Bertz CT molecular complexity index is 389. The van der Waals surface area contributed by atoms with Gasteiger partial charge in [-0.15, -0.1) is 0 Å². The standard InChI is InChI=1S/C6H12O2.C5H9NO4.C4H10O.BF3/c1-5(7)8-6(2,3)4;1-6-3(5(9)10)2-4(7)8;1-3-5-4-2;2-1(3)4/h1-4H3;3,6H,2H2,1H3,(H,7,8)(H,9,10);3-4H2,1-2H3;/t;3-;;/m.0../s1. The van der Waals surface area contributed by atoms with Crippen molar-refractivity contribution in [3.8, 4) is 0 Å². The molecule has 0 heterocycles. The first-order valence-corrected chi connectivity index (χ1v) is 7.95. The van der Waals surface area contributed by atoms with Gasteiger partial charge < -0.3 is 25.0 Å². The van der Waals surface area contributed by atoms with Crippen LogP contribution in [0, 0.1) is 0 Å². The van der Waals surface area contributed by atoms with E-state index in [0.717, 1.165) is 13.2 Å². The Morgan fingerprint density at radius 2 is 1.44 bits per heavy atom. The number of hydrogen-bond acceptors (Lipinski definition) is 6. The highest BCUT2D eigenvalue weighted by Crippen LogP contribution is 2.05. The van der Waals surface area contributed by atoms with Crippen molar-refractivity contribution in [3.05, 3.63) is 0 Å². The maximum Gasteiger partial charge on any atom is 0.762 e. The lowest BCUT2D eigenvalue weighted by molar-refractivity contribution is -0.152. The number of aliphatic carboxylic acids is 2. The summed E-state index contributed by atoms with van der Waals surface area (Å²) in [5, 5.41) is 18.8. The van der Waals surface area contributed by atoms with E-state index in [1.807, 2.05) is 34.6 Å². The molecular weight excluding hydrogens is 374 g/mol. The molecular formula is C15H31BF3NO7. The topological polar surface area (TPSA) is 122 Å². The minimum Gasteiger partial charge on any atom is -0.481 e. The van der Waals surface area contributed by atoms with Crippen LogP contribution in [0.4, 0.5) is 12.9 Å². The predicted octanol–water partition coefficient (Wildman–Crippen LogP) is 2.40. The van der Waals surface area contributed by atoms with E-state index in [4.69, 9.17) is 19.7 Å². The second-order valence-electron chi connectivity index (χ2n) is 5.51. The van der Waals surface area contributed by atoms with Crippen LogP contribution in [-0.4, -0.2) is 67.6 Å². The van der Waals surface area contributed by atoms with E-state index in [9.17, 15) is 27.3 Å². The second kappa shape index (κ2) is 20.5. The van der Waals surface area contributed by atoms with Crippen LogP contribution < -0.4 is 5.32 Å². The molecule has 0 aliphatic heterocycles. The number of likely N-dealkylation sites (N-methyl/N-ethyl adjacent to an activating group) is 1. The maximum absolute atomic E-state index is 10.2. The van der Waals surface area contributed by atoms with Gasteiger partial charge in [-0.1, -0.05) is 0 Å². The van der Waals surface area contributed by atoms with Crippen molar-refractivity contribution in [3.63, 3.8) is 0 Å². The molecule has 3 N–H and O–H groups in total. The van der Waals surface area contributed by atoms with E-state index < -0.39 is 31.9 Å². The van der Waals surface area contributed by atoms with Gasteiger partial charge in [0.2, 0.25) is 0 Å². The molecule has 162 valence electrons. The lowest BCUT2D eigenvalue weighted by atomic mass is 10.2. The number of halogens is 3. The third kappa shape index (κ3) is 51.6. The number of hydrogen-bond donors (Lipinski definition) is 3. The van der Waals surface area contributed by atoms with E-state index in [0.29, 0.717) is 0 Å². The molecule has 0 saturated carbocycles. The Morgan fingerprint density at radius 3 is 1.48 bits per heavy atom. The highest BCUT2D eigenvalue weighted by atomic mass is 19.4. The molecule has 27 heavy (non-hydrogen) atoms. The van der Waals surface area contributed by atoms with Crippen molar-refractivity contribution >= 4 is 25.5 Å². The number of carbonyl (C=O) groups excluding carboxylic acids is 1. The lowest BCUT2D eigenvalue weighted by Gasteiger charge is -2.17. The molecule has 0 aliphatic carbocycles. The summed E-state index contributed by atoms with van der Waals surface area (Å²) in [4.78, 5) is 30.3. The molecule has 0 radical (unpaired) electrons. The van der Waals surface area contributed by atoms with Crippen LogP contribution in [-0.2, 0) is 23.9 Å². The number of carboxylic acid groups (broad SMARTS) is 2. The number of ether oxygens (including phenoxy) is 2. The van der Waals surface area contributed by atoms with Gasteiger partial charge >= 0.3 is 25.5 Å². The minimum absolute atomic E-state index is 0.225. The molecule has 0 spiro atoms. The third-order valence-electron chi connectivity index (χ3n) is 1.88. The highest BCUT2D eigenvalue weighted by Gasteiger charge is 2.17. The SMILES string of the molecule is CC(=O)OC(C)(C)C.CCOCC.CN[C@@H](CC(=O)O)C(=O)O.FB(F)F. The van der Waals surface area contributed by atoms with Crippen molar-refractivity contribution in [2.24, 2.45) is 0 Å². The van der Waals surface area contributed by atoms with Gasteiger partial charge in [-0.2, -0.15) is 0 Å². The smallest absolute Gasteiger partial charge is 0.481 e. The normalized spacial score (nSPS) is 10.4. The summed E-state index contributed by atoms with van der Waals surface area (Å²) in [6.07, 6.45) is -0.397. The highest BCUT2D eigenvalue weighted by molar-refractivity contribution is 6.33. The van der Waals surface area contributed by atoms with Crippen molar-refractivity contribution in [1.29, 1.82) is 0 Å². The summed E-state index contributed by atoms with van der Waals surface area (Å²) in [5.74, 6) is -2.50. The summed E-state index contributed by atoms with van der Waals surface area (Å²) in [5.41, 5.74) is -0.328. The molecule has 0 bridgehead atoms. The number of esters is 1. The second-order valence-corrected chi connectivity index (χ2v) is 5.51. The summed E-state index contributed by atoms with van der Waals surface area (Å²) < 4.78 is 38.6. The van der Waals surface area contributed by atoms with Gasteiger partial charge in [0, 0.05) is 20.1 Å². The van der Waals surface area contributed by atoms with Crippen molar-refractivity contribution < 1.29 is 47.0 Å². The first-order valence-electron chi connectivity index (χ1n) is 7.95. The monoisotopic (exact) mass is 405 g/mol. The van der Waals surface area contributed by atoms with Gasteiger partial charge in [0.1, 0.15) is 11.6 Å². The van der Waals surface area contributed by atoms with E-state index in [2.05, 4.69) is 5.32 Å². The van der Waals surface area contributed by atoms with Crippen molar-refractivity contribution in [2.75, 3.05) is 20.3 Å². The first-order chi connectivity index (χ1) is 12.1. The van der Waals surface area contributed by atoms with E-state index in [1.165, 1.54) is 14.0 Å². The van der Waals surface area contributed by atoms with Gasteiger partial charge in [-0.3, -0.25) is 27.3 Å². The molecule has 1 atom stereocenters. The average molecular weight is 405 g/mol. The number of nitrogens with one attached hydrogen (secondary N) is 1. The van der Waals surface area contributed by atoms with E-state index in [1.54, 1.807) is 0 Å². The van der Waals surface area contributed by atoms with Gasteiger partial charge in [0.15, 0.2) is 0 Å². The van der Waals surface area contributed by atoms with E-state index >= 15 is 0 Å². The fourth-order valence-corrected chi connectivity index (χ4v) is 1.12. The summed E-state index contributed by atoms with van der Waals surface area (Å²) in [6.45, 7) is 12.6. The molecule has 0 rings (SSSR count). The predicted molar refractivity (Wildman–Crippen MR) is 95.5 cm³/mol. The largest absolute Gasteiger partial charge is 0.762 e. The molecule has 0 aliphatic rings. The fourth-order valence-electron chi connectivity index (χ4n) is 1.12. The number of carboxylic acids is 2. The van der Waals surface area contributed by atoms with Crippen LogP contribution in [0.5, 0.6) is 0 Å². The van der Waals surface area contributed by atoms with Crippen molar-refractivity contribution in [2.45, 2.75) is 59.6 Å². The first kappa shape index (κ1) is 32.8. The number of rotatable bonds is 6. The zero-order chi connectivity index (χ0) is 22.6. The quantitative estimate of drug-likeness (QED) is 0.455. The van der Waals surface area contributed by atoms with Crippen LogP contribution in [0.25, 0.3) is 0 Å². The van der Waals surface area contributed by atoms with Crippen LogP contribution in [0.3, 0.4) is 0 Å². The van der Waals surface area contributed by atoms with Crippen molar-refractivity contribution in [1.82, 2.24) is 5.32 Å². The zero-order valence-electron chi connectivity index (χ0n) is 16.8. The molecule has 12 heteroatoms. The lowest BCUT2D eigenvalue weighted by Crippen LogP contribution is -2.35. The Hall–Kier alpha value is -1.82. The zero-order valence-corrected chi connectivity index (χ0v) is 16.8. The molecule has 0 fully saturated rings. The summed E-state index contributed by atoms with van der Waals surface area (Å²) in [6, 6.07) is -0.988. The number of carbonyl (C=O) groups is 3. The molecule has 0 aromatic rings. The van der Waals surface area contributed by atoms with Gasteiger partial charge in [-0.05, 0) is 41.7 Å².